The van der Waals surface area contributed by atoms with Crippen LogP contribution in [0.2, 0.25) is 0 Å². The Bertz CT molecular complexity index is 989. The zero-order valence-corrected chi connectivity index (χ0v) is 20.1. The van der Waals surface area contributed by atoms with E-state index in [0.717, 1.165) is 22.2 Å². The monoisotopic (exact) mass is 613 g/mol. The number of aromatic nitrogens is 2. The number of nitrogens with zero attached hydrogens (tertiary/aromatic N) is 2. The zero-order chi connectivity index (χ0) is 19.8. The summed E-state index contributed by atoms with van der Waals surface area (Å²) in [7, 11) is 0. The second-order valence-corrected chi connectivity index (χ2v) is 5.70. The standard InChI is InChI=1S/C22H21N3O3.U/c1-4-16-8-7-9-17(12-16)25-22-18-13-20(27-6-3)21(28-11-10-26-5-2)14-19(18)23-15-24-22;/h1,7-9,12-15H,2-3,5-6,10-11H2,(H,23,24,25);/q-2;+2. The van der Waals surface area contributed by atoms with Crippen LogP contribution in [0.3, 0.4) is 0 Å². The first-order valence-corrected chi connectivity index (χ1v) is 8.79. The van der Waals surface area contributed by atoms with Crippen LogP contribution in [0.1, 0.15) is 5.56 Å². The van der Waals surface area contributed by atoms with E-state index in [-0.39, 0.29) is 37.7 Å². The third kappa shape index (κ3) is 6.11. The smallest absolute Gasteiger partial charge is 0.522 e. The van der Waals surface area contributed by atoms with Gasteiger partial charge >= 0.3 is 31.1 Å². The molecule has 146 valence electrons. The van der Waals surface area contributed by atoms with E-state index in [4.69, 9.17) is 20.6 Å². The van der Waals surface area contributed by atoms with E-state index in [1.807, 2.05) is 36.4 Å². The molecule has 0 atom stereocenters. The largest absolute Gasteiger partial charge is 2.00 e. The molecule has 0 fully saturated rings. The Morgan fingerprint density at radius 1 is 1.00 bits per heavy atom. The number of hydrogen-bond donors (Lipinski definition) is 1. The van der Waals surface area contributed by atoms with Crippen LogP contribution >= 0.6 is 0 Å². The van der Waals surface area contributed by atoms with Gasteiger partial charge in [0.2, 0.25) is 0 Å². The van der Waals surface area contributed by atoms with Gasteiger partial charge in [-0.2, -0.15) is 0 Å². The van der Waals surface area contributed by atoms with E-state index < -0.39 is 0 Å². The van der Waals surface area contributed by atoms with Crippen molar-refractivity contribution in [2.45, 2.75) is 0 Å². The minimum Gasteiger partial charge on any atom is -0.522 e. The predicted molar refractivity (Wildman–Crippen MR) is 110 cm³/mol. The van der Waals surface area contributed by atoms with Crippen LogP contribution in [-0.2, 0) is 4.74 Å². The summed E-state index contributed by atoms with van der Waals surface area (Å²) in [5.41, 5.74) is 2.33. The Balaban J connectivity index is 0.00000300. The minimum atomic E-state index is 0. The fourth-order valence-corrected chi connectivity index (χ4v) is 2.64. The molecule has 0 saturated heterocycles. The molecular formula is C22H21N3O3U. The molecule has 0 spiro atoms. The molecule has 0 amide bonds. The molecule has 0 aliphatic carbocycles. The van der Waals surface area contributed by atoms with E-state index in [0.29, 0.717) is 37.1 Å². The summed E-state index contributed by atoms with van der Waals surface area (Å²) in [6, 6.07) is 11.2. The van der Waals surface area contributed by atoms with Crippen LogP contribution in [0.5, 0.6) is 11.5 Å². The maximum atomic E-state index is 5.78. The Morgan fingerprint density at radius 2 is 1.83 bits per heavy atom. The van der Waals surface area contributed by atoms with Crippen molar-refractivity contribution < 1.29 is 45.3 Å². The van der Waals surface area contributed by atoms with Crippen molar-refractivity contribution in [3.8, 4) is 23.8 Å². The average Bonchev–Trinajstić information content (AvgIpc) is 2.72. The molecule has 1 heterocycles. The Hall–Kier alpha value is -2.25. The predicted octanol–water partition coefficient (Wildman–Crippen LogP) is 3.80. The van der Waals surface area contributed by atoms with Gasteiger partial charge in [0.25, 0.3) is 0 Å². The van der Waals surface area contributed by atoms with Crippen molar-refractivity contribution in [2.75, 3.05) is 31.7 Å². The number of hydrogen-bond acceptors (Lipinski definition) is 6. The first-order chi connectivity index (χ1) is 13.7. The van der Waals surface area contributed by atoms with Crippen molar-refractivity contribution in [3.05, 3.63) is 62.1 Å². The van der Waals surface area contributed by atoms with Crippen LogP contribution < -0.4 is 14.8 Å². The third-order valence-electron chi connectivity index (χ3n) is 3.88. The molecule has 2 aromatic carbocycles. The minimum absolute atomic E-state index is 0. The molecule has 1 aromatic heterocycles. The van der Waals surface area contributed by atoms with Gasteiger partial charge in [0.1, 0.15) is 18.8 Å². The van der Waals surface area contributed by atoms with Gasteiger partial charge in [-0.3, -0.25) is 0 Å². The molecule has 0 radical (unpaired) electrons. The van der Waals surface area contributed by atoms with Crippen LogP contribution in [-0.4, -0.2) is 36.4 Å². The van der Waals surface area contributed by atoms with E-state index in [2.05, 4.69) is 35.1 Å². The second kappa shape index (κ2) is 11.7. The Labute approximate surface area is 194 Å². The van der Waals surface area contributed by atoms with E-state index in [1.54, 1.807) is 0 Å². The molecule has 0 aliphatic rings. The topological polar surface area (TPSA) is 65.5 Å². The molecule has 0 bridgehead atoms. The molecule has 0 unspecified atom stereocenters. The van der Waals surface area contributed by atoms with E-state index in [1.165, 1.54) is 6.33 Å². The normalized spacial score (nSPS) is 10.1. The Morgan fingerprint density at radius 3 is 2.59 bits per heavy atom. The van der Waals surface area contributed by atoms with Crippen molar-refractivity contribution in [1.82, 2.24) is 9.97 Å². The molecule has 0 saturated carbocycles. The fraction of sp³-hybridized carbons (Fsp3) is 0.182. The van der Waals surface area contributed by atoms with Gasteiger partial charge in [-0.1, -0.05) is 18.6 Å². The summed E-state index contributed by atoms with van der Waals surface area (Å²) in [6.07, 6.45) is 6.97. The van der Waals surface area contributed by atoms with Gasteiger partial charge < -0.3 is 33.4 Å². The van der Waals surface area contributed by atoms with Crippen molar-refractivity contribution in [1.29, 1.82) is 0 Å². The molecule has 29 heavy (non-hydrogen) atoms. The molecule has 6 nitrogen and oxygen atoms in total. The van der Waals surface area contributed by atoms with Crippen LogP contribution in [0.15, 0.2) is 42.7 Å². The first kappa shape index (κ1) is 23.0. The number of fused-ring (bicyclic) bond motifs is 1. The summed E-state index contributed by atoms with van der Waals surface area (Å²) in [6.45, 7) is 8.85. The molecule has 7 heteroatoms. The van der Waals surface area contributed by atoms with Gasteiger partial charge in [0.05, 0.1) is 12.1 Å². The summed E-state index contributed by atoms with van der Waals surface area (Å²) in [5, 5.41) is 4.07. The number of ether oxygens (including phenoxy) is 3. The number of anilines is 2. The molecule has 0 aliphatic heterocycles. The summed E-state index contributed by atoms with van der Waals surface area (Å²) in [4.78, 5) is 8.71. The Kier molecular flexibility index (Phi) is 9.28. The number of rotatable bonds is 9. The van der Waals surface area contributed by atoms with Gasteiger partial charge in [0, 0.05) is 22.7 Å². The molecule has 3 rings (SSSR count). The molecular weight excluding hydrogens is 592 g/mol. The van der Waals surface area contributed by atoms with Gasteiger partial charge in [-0.25, -0.2) is 9.97 Å². The SMILES string of the molecule is C#Cc1cccc(Nc2ncnc3cc(OCCOC[CH2-])c(OC[CH2-])cc23)c1.[U+2]. The van der Waals surface area contributed by atoms with Gasteiger partial charge in [-0.15, -0.1) is 6.42 Å². The number of terminal acetylenes is 1. The van der Waals surface area contributed by atoms with E-state index in [9.17, 15) is 0 Å². The second-order valence-electron chi connectivity index (χ2n) is 5.70. The summed E-state index contributed by atoms with van der Waals surface area (Å²) >= 11 is 0. The summed E-state index contributed by atoms with van der Waals surface area (Å²) < 4.78 is 16.6. The maximum Gasteiger partial charge on any atom is 2.00 e. The van der Waals surface area contributed by atoms with Crippen LogP contribution in [0.25, 0.3) is 10.9 Å². The quantitative estimate of drug-likeness (QED) is 0.225. The first-order valence-electron chi connectivity index (χ1n) is 8.79. The van der Waals surface area contributed by atoms with Crippen molar-refractivity contribution >= 4 is 22.4 Å². The van der Waals surface area contributed by atoms with Crippen LogP contribution in [0.4, 0.5) is 11.5 Å². The number of benzene rings is 2. The molecule has 3 aromatic rings. The molecule has 1 N–H and O–H groups in total. The fourth-order valence-electron chi connectivity index (χ4n) is 2.64. The summed E-state index contributed by atoms with van der Waals surface area (Å²) in [5.74, 6) is 4.40. The number of nitrogens with one attached hydrogen (secondary N) is 1. The maximum absolute atomic E-state index is 5.78. The third-order valence-corrected chi connectivity index (χ3v) is 3.88. The van der Waals surface area contributed by atoms with Crippen molar-refractivity contribution in [2.24, 2.45) is 0 Å². The van der Waals surface area contributed by atoms with Gasteiger partial charge in [0.15, 0.2) is 11.5 Å². The van der Waals surface area contributed by atoms with Crippen molar-refractivity contribution in [3.63, 3.8) is 0 Å². The zero-order valence-electron chi connectivity index (χ0n) is 16.0. The van der Waals surface area contributed by atoms with Gasteiger partial charge in [-0.05, 0) is 30.9 Å². The van der Waals surface area contributed by atoms with Crippen LogP contribution in [0, 0.1) is 57.3 Å². The average molecular weight is 613 g/mol. The van der Waals surface area contributed by atoms with E-state index >= 15 is 0 Å².